The fourth-order valence-electron chi connectivity index (χ4n) is 1.31. The number of benzene rings is 1. The predicted octanol–water partition coefficient (Wildman–Crippen LogP) is 2.69. The summed E-state index contributed by atoms with van der Waals surface area (Å²) in [6, 6.07) is 8.62. The van der Waals surface area contributed by atoms with Crippen molar-refractivity contribution in [1.82, 2.24) is 5.16 Å². The van der Waals surface area contributed by atoms with Crippen LogP contribution < -0.4 is 4.74 Å². The molecular formula is C12H10ClNO4. The lowest BCUT2D eigenvalue weighted by Crippen LogP contribution is -1.98. The van der Waals surface area contributed by atoms with Crippen LogP contribution in [-0.2, 0) is 11.3 Å². The van der Waals surface area contributed by atoms with Gasteiger partial charge in [0.1, 0.15) is 6.61 Å². The number of carbonyl (C=O) groups is 1. The molecule has 6 heteroatoms. The molecule has 0 aliphatic rings. The van der Waals surface area contributed by atoms with Gasteiger partial charge in [-0.15, -0.1) is 0 Å². The molecular weight excluding hydrogens is 258 g/mol. The van der Waals surface area contributed by atoms with Gasteiger partial charge in [0.2, 0.25) is 5.76 Å². The summed E-state index contributed by atoms with van der Waals surface area (Å²) in [4.78, 5) is 11.1. The summed E-state index contributed by atoms with van der Waals surface area (Å²) in [5, 5.41) is 4.22. The number of halogens is 1. The Morgan fingerprint density at radius 2 is 2.28 bits per heavy atom. The summed E-state index contributed by atoms with van der Waals surface area (Å²) in [6.45, 7) is 0.285. The Morgan fingerprint density at radius 1 is 1.44 bits per heavy atom. The van der Waals surface area contributed by atoms with Gasteiger partial charge in [-0.3, -0.25) is 0 Å². The van der Waals surface area contributed by atoms with Crippen molar-refractivity contribution >= 4 is 17.6 Å². The van der Waals surface area contributed by atoms with E-state index in [1.165, 1.54) is 13.2 Å². The Kier molecular flexibility index (Phi) is 3.84. The number of methoxy groups -OCH3 is 1. The van der Waals surface area contributed by atoms with Crippen molar-refractivity contribution in [2.75, 3.05) is 7.11 Å². The van der Waals surface area contributed by atoms with Crippen LogP contribution in [0.2, 0.25) is 5.02 Å². The number of ether oxygens (including phenoxy) is 2. The third-order valence-corrected chi connectivity index (χ3v) is 2.39. The zero-order valence-corrected chi connectivity index (χ0v) is 10.3. The van der Waals surface area contributed by atoms with E-state index >= 15 is 0 Å². The van der Waals surface area contributed by atoms with Crippen LogP contribution in [0.3, 0.4) is 0 Å². The predicted molar refractivity (Wildman–Crippen MR) is 63.6 cm³/mol. The minimum Gasteiger partial charge on any atom is -0.471 e. The second-order valence-corrected chi connectivity index (χ2v) is 3.88. The highest BCUT2D eigenvalue weighted by molar-refractivity contribution is 6.30. The summed E-state index contributed by atoms with van der Waals surface area (Å²) in [5.41, 5.74) is 0.894. The van der Waals surface area contributed by atoms with Crippen LogP contribution in [0.5, 0.6) is 5.88 Å². The van der Waals surface area contributed by atoms with Crippen LogP contribution in [0.1, 0.15) is 16.1 Å². The van der Waals surface area contributed by atoms with E-state index in [0.29, 0.717) is 5.02 Å². The van der Waals surface area contributed by atoms with Gasteiger partial charge in [-0.25, -0.2) is 4.79 Å². The number of rotatable bonds is 4. The highest BCUT2D eigenvalue weighted by atomic mass is 35.5. The fraction of sp³-hybridized carbons (Fsp3) is 0.167. The lowest BCUT2D eigenvalue weighted by molar-refractivity contribution is 0.0554. The molecule has 0 bridgehead atoms. The van der Waals surface area contributed by atoms with Crippen LogP contribution in [0.4, 0.5) is 0 Å². The normalized spacial score (nSPS) is 10.1. The maximum absolute atomic E-state index is 11.1. The minimum absolute atomic E-state index is 0.00130. The summed E-state index contributed by atoms with van der Waals surface area (Å²) >= 11 is 5.84. The van der Waals surface area contributed by atoms with E-state index in [2.05, 4.69) is 9.89 Å². The van der Waals surface area contributed by atoms with E-state index in [1.807, 2.05) is 12.1 Å². The van der Waals surface area contributed by atoms with Crippen molar-refractivity contribution in [2.24, 2.45) is 0 Å². The lowest BCUT2D eigenvalue weighted by atomic mass is 10.2. The molecule has 0 spiro atoms. The molecule has 0 fully saturated rings. The summed E-state index contributed by atoms with van der Waals surface area (Å²) < 4.78 is 14.6. The van der Waals surface area contributed by atoms with Gasteiger partial charge in [0.25, 0.3) is 5.88 Å². The molecule has 0 saturated heterocycles. The van der Waals surface area contributed by atoms with Gasteiger partial charge in [-0.2, -0.15) is 0 Å². The van der Waals surface area contributed by atoms with Gasteiger partial charge >= 0.3 is 5.97 Å². The molecule has 2 rings (SSSR count). The van der Waals surface area contributed by atoms with Crippen LogP contribution in [-0.4, -0.2) is 18.2 Å². The molecule has 1 heterocycles. The number of hydrogen-bond acceptors (Lipinski definition) is 5. The van der Waals surface area contributed by atoms with Crippen LogP contribution in [0.15, 0.2) is 34.9 Å². The summed E-state index contributed by atoms with van der Waals surface area (Å²) in [5.74, 6) is -0.380. The van der Waals surface area contributed by atoms with Crippen LogP contribution in [0, 0.1) is 0 Å². The number of hydrogen-bond donors (Lipinski definition) is 0. The molecule has 0 amide bonds. The molecule has 2 aromatic rings. The number of esters is 1. The number of carbonyl (C=O) groups excluding carboxylic acids is 1. The van der Waals surface area contributed by atoms with Gasteiger partial charge in [0.05, 0.1) is 13.2 Å². The van der Waals surface area contributed by atoms with E-state index in [0.717, 1.165) is 5.56 Å². The van der Waals surface area contributed by atoms with Crippen molar-refractivity contribution in [3.63, 3.8) is 0 Å². The van der Waals surface area contributed by atoms with Gasteiger partial charge < -0.3 is 14.0 Å². The average Bonchev–Trinajstić information content (AvgIpc) is 2.84. The topological polar surface area (TPSA) is 61.6 Å². The standard InChI is InChI=1S/C12H10ClNO4/c1-16-12(15)10-6-11(14-18-10)17-7-8-3-2-4-9(13)5-8/h2-6H,7H2,1H3. The molecule has 1 aromatic heterocycles. The second-order valence-electron chi connectivity index (χ2n) is 3.44. The van der Waals surface area contributed by atoms with Crippen molar-refractivity contribution in [2.45, 2.75) is 6.61 Å². The average molecular weight is 268 g/mol. The molecule has 0 N–H and O–H groups in total. The summed E-state index contributed by atoms with van der Waals surface area (Å²) in [7, 11) is 1.26. The molecule has 5 nitrogen and oxygen atoms in total. The lowest BCUT2D eigenvalue weighted by Gasteiger charge is -2.01. The van der Waals surface area contributed by atoms with Crippen molar-refractivity contribution in [3.05, 3.63) is 46.7 Å². The quantitative estimate of drug-likeness (QED) is 0.797. The van der Waals surface area contributed by atoms with Crippen LogP contribution in [0.25, 0.3) is 0 Å². The highest BCUT2D eigenvalue weighted by Gasteiger charge is 2.13. The molecule has 0 aliphatic heterocycles. The largest absolute Gasteiger partial charge is 0.471 e. The van der Waals surface area contributed by atoms with E-state index in [1.54, 1.807) is 12.1 Å². The molecule has 18 heavy (non-hydrogen) atoms. The number of aromatic nitrogens is 1. The molecule has 1 aromatic carbocycles. The summed E-state index contributed by atoms with van der Waals surface area (Å²) in [6.07, 6.45) is 0. The van der Waals surface area contributed by atoms with Gasteiger partial charge in [-0.1, -0.05) is 23.7 Å². The van der Waals surface area contributed by atoms with Gasteiger partial charge in [0.15, 0.2) is 0 Å². The first-order chi connectivity index (χ1) is 8.69. The van der Waals surface area contributed by atoms with E-state index < -0.39 is 5.97 Å². The molecule has 0 saturated carbocycles. The third kappa shape index (κ3) is 3.01. The smallest absolute Gasteiger partial charge is 0.377 e. The first kappa shape index (κ1) is 12.4. The van der Waals surface area contributed by atoms with E-state index in [9.17, 15) is 4.79 Å². The molecule has 0 aliphatic carbocycles. The molecule has 94 valence electrons. The number of nitrogens with zero attached hydrogens (tertiary/aromatic N) is 1. The maximum Gasteiger partial charge on any atom is 0.377 e. The maximum atomic E-state index is 11.1. The monoisotopic (exact) mass is 267 g/mol. The van der Waals surface area contributed by atoms with Crippen molar-refractivity contribution in [1.29, 1.82) is 0 Å². The van der Waals surface area contributed by atoms with Gasteiger partial charge in [0, 0.05) is 5.02 Å². The first-order valence-corrected chi connectivity index (χ1v) is 5.49. The molecule has 0 atom stereocenters. The van der Waals surface area contributed by atoms with E-state index in [-0.39, 0.29) is 18.2 Å². The first-order valence-electron chi connectivity index (χ1n) is 5.11. The van der Waals surface area contributed by atoms with Crippen molar-refractivity contribution in [3.8, 4) is 5.88 Å². The van der Waals surface area contributed by atoms with Gasteiger partial charge in [-0.05, 0) is 22.9 Å². The third-order valence-electron chi connectivity index (χ3n) is 2.15. The zero-order valence-electron chi connectivity index (χ0n) is 9.55. The SMILES string of the molecule is COC(=O)c1cc(OCc2cccc(Cl)c2)no1. The minimum atomic E-state index is -0.597. The Hall–Kier alpha value is -2.01. The van der Waals surface area contributed by atoms with Crippen LogP contribution >= 0.6 is 11.6 Å². The zero-order chi connectivity index (χ0) is 13.0. The molecule has 0 unspecified atom stereocenters. The Bertz CT molecular complexity index is 553. The fourth-order valence-corrected chi connectivity index (χ4v) is 1.52. The Labute approximate surface area is 108 Å². The van der Waals surface area contributed by atoms with Crippen molar-refractivity contribution < 1.29 is 18.8 Å². The second kappa shape index (κ2) is 5.55. The Morgan fingerprint density at radius 3 is 3.00 bits per heavy atom. The Balaban J connectivity index is 1.98. The molecule has 0 radical (unpaired) electrons. The van der Waals surface area contributed by atoms with E-state index in [4.69, 9.17) is 20.9 Å². The highest BCUT2D eigenvalue weighted by Crippen LogP contribution is 2.16.